The highest BCUT2D eigenvalue weighted by molar-refractivity contribution is 5.51. The van der Waals surface area contributed by atoms with E-state index in [-0.39, 0.29) is 6.10 Å². The van der Waals surface area contributed by atoms with Crippen LogP contribution < -0.4 is 0 Å². The minimum absolute atomic E-state index is 0.0839. The lowest BCUT2D eigenvalue weighted by Gasteiger charge is -2.32. The van der Waals surface area contributed by atoms with Crippen LogP contribution in [0.2, 0.25) is 0 Å². The van der Waals surface area contributed by atoms with Crippen molar-refractivity contribution >= 4 is 0 Å². The van der Waals surface area contributed by atoms with Crippen molar-refractivity contribution in [2.45, 2.75) is 12.6 Å². The molecule has 0 unspecified atom stereocenters. The van der Waals surface area contributed by atoms with Crippen molar-refractivity contribution < 1.29 is 9.26 Å². The summed E-state index contributed by atoms with van der Waals surface area (Å²) in [6.07, 6.45) is 3.54. The van der Waals surface area contributed by atoms with Gasteiger partial charge in [0.05, 0.1) is 19.3 Å². The van der Waals surface area contributed by atoms with Gasteiger partial charge in [0.2, 0.25) is 11.7 Å². The number of nitrogens with zero attached hydrogens (tertiary/aromatic N) is 4. The molecule has 0 N–H and O–H groups in total. The Morgan fingerprint density at radius 3 is 2.88 bits per heavy atom. The molecule has 1 saturated heterocycles. The fraction of sp³-hybridized carbons (Fsp3) is 0.278. The lowest BCUT2D eigenvalue weighted by atomic mass is 10.1. The third-order valence-corrected chi connectivity index (χ3v) is 4.07. The van der Waals surface area contributed by atoms with Crippen LogP contribution in [0.15, 0.2) is 59.4 Å². The van der Waals surface area contributed by atoms with Crippen molar-refractivity contribution in [2.75, 3.05) is 19.7 Å². The molecule has 3 heterocycles. The van der Waals surface area contributed by atoms with E-state index in [9.17, 15) is 0 Å². The molecule has 0 aliphatic carbocycles. The van der Waals surface area contributed by atoms with Crippen LogP contribution in [0.1, 0.15) is 17.6 Å². The first kappa shape index (κ1) is 15.0. The van der Waals surface area contributed by atoms with Gasteiger partial charge in [0, 0.05) is 31.0 Å². The molecule has 6 nitrogen and oxygen atoms in total. The molecule has 1 aliphatic rings. The second-order valence-corrected chi connectivity index (χ2v) is 5.76. The van der Waals surface area contributed by atoms with Crippen molar-refractivity contribution in [2.24, 2.45) is 0 Å². The fourth-order valence-corrected chi connectivity index (χ4v) is 2.84. The minimum atomic E-state index is 0.0839. The van der Waals surface area contributed by atoms with Gasteiger partial charge >= 0.3 is 0 Å². The first-order chi connectivity index (χ1) is 11.9. The fourth-order valence-electron chi connectivity index (χ4n) is 2.84. The maximum absolute atomic E-state index is 5.89. The molecule has 1 fully saturated rings. The summed E-state index contributed by atoms with van der Waals surface area (Å²) in [6, 6.07) is 14.1. The number of benzene rings is 1. The molecular weight excluding hydrogens is 304 g/mol. The number of ether oxygens (including phenoxy) is 1. The quantitative estimate of drug-likeness (QED) is 0.736. The van der Waals surface area contributed by atoms with Gasteiger partial charge in [-0.05, 0) is 17.7 Å². The molecule has 3 aromatic rings. The first-order valence-electron chi connectivity index (χ1n) is 8.00. The minimum Gasteiger partial charge on any atom is -0.371 e. The smallest absolute Gasteiger partial charge is 0.241 e. The van der Waals surface area contributed by atoms with Crippen LogP contribution in [-0.2, 0) is 11.3 Å². The average molecular weight is 322 g/mol. The summed E-state index contributed by atoms with van der Waals surface area (Å²) in [7, 11) is 0. The van der Waals surface area contributed by atoms with Gasteiger partial charge in [0.1, 0.15) is 0 Å². The average Bonchev–Trinajstić information content (AvgIpc) is 3.12. The molecule has 0 saturated carbocycles. The summed E-state index contributed by atoms with van der Waals surface area (Å²) >= 11 is 0. The Hall–Kier alpha value is -2.57. The molecule has 1 aromatic carbocycles. The Kier molecular flexibility index (Phi) is 4.31. The van der Waals surface area contributed by atoms with E-state index in [4.69, 9.17) is 9.26 Å². The zero-order valence-electron chi connectivity index (χ0n) is 13.2. The van der Waals surface area contributed by atoms with Crippen LogP contribution in [0.25, 0.3) is 11.4 Å². The highest BCUT2D eigenvalue weighted by Gasteiger charge is 2.23. The van der Waals surface area contributed by atoms with Gasteiger partial charge in [0.25, 0.3) is 0 Å². The Labute approximate surface area is 140 Å². The van der Waals surface area contributed by atoms with E-state index >= 15 is 0 Å². The lowest BCUT2D eigenvalue weighted by molar-refractivity contribution is -0.0355. The summed E-state index contributed by atoms with van der Waals surface area (Å²) < 4.78 is 11.3. The van der Waals surface area contributed by atoms with Crippen LogP contribution in [0, 0.1) is 0 Å². The molecule has 0 spiro atoms. The standard InChI is InChI=1S/C18H18N4O2/c1-2-5-14(6-3-1)16-12-22(9-10-23-16)13-17-20-18(21-24-17)15-7-4-8-19-11-15/h1-8,11,16H,9-10,12-13H2/t16-/m0/s1. The van der Waals surface area contributed by atoms with E-state index in [1.54, 1.807) is 12.4 Å². The van der Waals surface area contributed by atoms with E-state index in [1.807, 2.05) is 30.3 Å². The van der Waals surface area contributed by atoms with Crippen LogP contribution in [0.4, 0.5) is 0 Å². The largest absolute Gasteiger partial charge is 0.371 e. The first-order valence-corrected chi connectivity index (χ1v) is 8.00. The number of aromatic nitrogens is 3. The summed E-state index contributed by atoms with van der Waals surface area (Å²) in [6.45, 7) is 2.99. The third kappa shape index (κ3) is 3.34. The molecule has 1 atom stereocenters. The van der Waals surface area contributed by atoms with Crippen molar-refractivity contribution in [3.05, 3.63) is 66.3 Å². The maximum Gasteiger partial charge on any atom is 0.241 e. The third-order valence-electron chi connectivity index (χ3n) is 4.07. The van der Waals surface area contributed by atoms with Crippen LogP contribution >= 0.6 is 0 Å². The Balaban J connectivity index is 1.43. The Morgan fingerprint density at radius 1 is 1.12 bits per heavy atom. The molecule has 6 heteroatoms. The molecule has 122 valence electrons. The number of morpholine rings is 1. The zero-order chi connectivity index (χ0) is 16.2. The molecule has 0 radical (unpaired) electrons. The van der Waals surface area contributed by atoms with Gasteiger partial charge in [0.15, 0.2) is 0 Å². The summed E-state index contributed by atoms with van der Waals surface area (Å²) in [5, 5.41) is 4.05. The summed E-state index contributed by atoms with van der Waals surface area (Å²) in [4.78, 5) is 10.8. The van der Waals surface area contributed by atoms with Gasteiger partial charge in [-0.15, -0.1) is 0 Å². The van der Waals surface area contributed by atoms with E-state index in [0.29, 0.717) is 24.9 Å². The van der Waals surface area contributed by atoms with Crippen molar-refractivity contribution in [1.29, 1.82) is 0 Å². The number of hydrogen-bond donors (Lipinski definition) is 0. The summed E-state index contributed by atoms with van der Waals surface area (Å²) in [5.74, 6) is 1.19. The second-order valence-electron chi connectivity index (χ2n) is 5.76. The highest BCUT2D eigenvalue weighted by Crippen LogP contribution is 2.23. The predicted octanol–water partition coefficient (Wildman–Crippen LogP) is 2.71. The van der Waals surface area contributed by atoms with E-state index in [0.717, 1.165) is 18.7 Å². The van der Waals surface area contributed by atoms with Gasteiger partial charge in [-0.25, -0.2) is 0 Å². The second kappa shape index (κ2) is 6.90. The number of hydrogen-bond acceptors (Lipinski definition) is 6. The van der Waals surface area contributed by atoms with Gasteiger partial charge in [-0.3, -0.25) is 9.88 Å². The van der Waals surface area contributed by atoms with Crippen LogP contribution in [0.5, 0.6) is 0 Å². The maximum atomic E-state index is 5.89. The topological polar surface area (TPSA) is 64.3 Å². The van der Waals surface area contributed by atoms with Crippen molar-refractivity contribution in [3.63, 3.8) is 0 Å². The number of rotatable bonds is 4. The van der Waals surface area contributed by atoms with Gasteiger partial charge in [-0.2, -0.15) is 4.98 Å². The highest BCUT2D eigenvalue weighted by atomic mass is 16.5. The van der Waals surface area contributed by atoms with Gasteiger partial charge in [-0.1, -0.05) is 35.5 Å². The number of pyridine rings is 1. The molecule has 24 heavy (non-hydrogen) atoms. The van der Waals surface area contributed by atoms with Gasteiger partial charge < -0.3 is 9.26 Å². The summed E-state index contributed by atoms with van der Waals surface area (Å²) in [5.41, 5.74) is 2.06. The van der Waals surface area contributed by atoms with E-state index < -0.39 is 0 Å². The normalized spacial score (nSPS) is 18.6. The Morgan fingerprint density at radius 2 is 2.04 bits per heavy atom. The molecule has 0 amide bonds. The van der Waals surface area contributed by atoms with Crippen molar-refractivity contribution in [1.82, 2.24) is 20.0 Å². The molecule has 0 bridgehead atoms. The lowest BCUT2D eigenvalue weighted by Crippen LogP contribution is -2.37. The molecule has 4 rings (SSSR count). The van der Waals surface area contributed by atoms with E-state index in [1.165, 1.54) is 5.56 Å². The monoisotopic (exact) mass is 322 g/mol. The molecule has 1 aliphatic heterocycles. The SMILES string of the molecule is c1ccc([C@@H]2CN(Cc3nc(-c4cccnc4)no3)CCO2)cc1. The van der Waals surface area contributed by atoms with E-state index in [2.05, 4.69) is 32.2 Å². The zero-order valence-corrected chi connectivity index (χ0v) is 13.2. The van der Waals surface area contributed by atoms with Crippen LogP contribution in [0.3, 0.4) is 0 Å². The van der Waals surface area contributed by atoms with Crippen LogP contribution in [-0.4, -0.2) is 39.7 Å². The molecular formula is C18H18N4O2. The Bertz CT molecular complexity index is 776. The van der Waals surface area contributed by atoms with Crippen molar-refractivity contribution in [3.8, 4) is 11.4 Å². The predicted molar refractivity (Wildman–Crippen MR) is 87.9 cm³/mol. The molecule has 2 aromatic heterocycles.